The van der Waals surface area contributed by atoms with E-state index < -0.39 is 0 Å². The molecule has 0 aliphatic carbocycles. The summed E-state index contributed by atoms with van der Waals surface area (Å²) in [6.45, 7) is 7.54. The number of nitrogens with zero attached hydrogens (tertiary/aromatic N) is 1. The fourth-order valence-electron chi connectivity index (χ4n) is 2.12. The van der Waals surface area contributed by atoms with Gasteiger partial charge in [0.05, 0.1) is 12.0 Å². The number of amides is 1. The minimum atomic E-state index is 0.0396. The van der Waals surface area contributed by atoms with E-state index in [4.69, 9.17) is 16.3 Å². The first-order valence-electron chi connectivity index (χ1n) is 6.06. The van der Waals surface area contributed by atoms with Gasteiger partial charge in [0.25, 0.3) is 0 Å². The van der Waals surface area contributed by atoms with Crippen LogP contribution in [0.1, 0.15) is 33.6 Å². The van der Waals surface area contributed by atoms with Crippen LogP contribution in [0.5, 0.6) is 0 Å². The van der Waals surface area contributed by atoms with E-state index in [2.05, 4.69) is 0 Å². The molecule has 1 saturated heterocycles. The Morgan fingerprint density at radius 2 is 2.25 bits per heavy atom. The highest BCUT2D eigenvalue weighted by atomic mass is 35.5. The van der Waals surface area contributed by atoms with E-state index in [0.717, 1.165) is 19.4 Å². The lowest BCUT2D eigenvalue weighted by Gasteiger charge is -2.30. The van der Waals surface area contributed by atoms with Crippen molar-refractivity contribution in [3.63, 3.8) is 0 Å². The Morgan fingerprint density at radius 3 is 2.69 bits per heavy atom. The minimum absolute atomic E-state index is 0.0396. The summed E-state index contributed by atoms with van der Waals surface area (Å²) in [4.78, 5) is 14.2. The zero-order chi connectivity index (χ0) is 12.1. The lowest BCUT2D eigenvalue weighted by atomic mass is 10.00. The summed E-state index contributed by atoms with van der Waals surface area (Å²) < 4.78 is 5.45. The van der Waals surface area contributed by atoms with Crippen molar-refractivity contribution in [3.8, 4) is 0 Å². The molecule has 16 heavy (non-hydrogen) atoms. The smallest absolute Gasteiger partial charge is 0.228 e. The molecule has 1 rings (SSSR count). The Morgan fingerprint density at radius 1 is 1.56 bits per heavy atom. The summed E-state index contributed by atoms with van der Waals surface area (Å²) in [5.74, 6) is 0.871. The van der Waals surface area contributed by atoms with E-state index in [1.165, 1.54) is 0 Å². The molecule has 4 heteroatoms. The molecule has 0 spiro atoms. The van der Waals surface area contributed by atoms with Gasteiger partial charge in [-0.05, 0) is 33.6 Å². The monoisotopic (exact) mass is 247 g/mol. The van der Waals surface area contributed by atoms with Gasteiger partial charge in [0.1, 0.15) is 0 Å². The molecule has 2 atom stereocenters. The number of hydrogen-bond donors (Lipinski definition) is 0. The van der Waals surface area contributed by atoms with Crippen molar-refractivity contribution in [3.05, 3.63) is 0 Å². The highest BCUT2D eigenvalue weighted by molar-refractivity contribution is 6.17. The minimum Gasteiger partial charge on any atom is -0.378 e. The fourth-order valence-corrected chi connectivity index (χ4v) is 2.24. The first-order chi connectivity index (χ1) is 7.57. The number of hydrogen-bond acceptors (Lipinski definition) is 2. The molecule has 1 fully saturated rings. The van der Waals surface area contributed by atoms with E-state index in [-0.39, 0.29) is 24.0 Å². The maximum Gasteiger partial charge on any atom is 0.228 e. The van der Waals surface area contributed by atoms with E-state index in [9.17, 15) is 4.79 Å². The molecule has 1 heterocycles. The van der Waals surface area contributed by atoms with Gasteiger partial charge in [-0.15, -0.1) is 11.6 Å². The summed E-state index contributed by atoms with van der Waals surface area (Å²) in [6, 6.07) is 0.239. The number of alkyl halides is 1. The van der Waals surface area contributed by atoms with Gasteiger partial charge in [-0.3, -0.25) is 4.79 Å². The van der Waals surface area contributed by atoms with E-state index in [1.54, 1.807) is 0 Å². The topological polar surface area (TPSA) is 29.5 Å². The van der Waals surface area contributed by atoms with Gasteiger partial charge >= 0.3 is 0 Å². The second-order valence-corrected chi connectivity index (χ2v) is 5.02. The summed E-state index contributed by atoms with van der Waals surface area (Å²) in [5.41, 5.74) is 0. The molecule has 0 aromatic carbocycles. The lowest BCUT2D eigenvalue weighted by molar-refractivity contribution is -0.138. The maximum atomic E-state index is 12.3. The van der Waals surface area contributed by atoms with Crippen LogP contribution in [0.2, 0.25) is 0 Å². The van der Waals surface area contributed by atoms with Crippen molar-refractivity contribution in [1.29, 1.82) is 0 Å². The van der Waals surface area contributed by atoms with Crippen LogP contribution in [0.3, 0.4) is 0 Å². The van der Waals surface area contributed by atoms with Crippen molar-refractivity contribution >= 4 is 17.5 Å². The van der Waals surface area contributed by atoms with Gasteiger partial charge in [-0.25, -0.2) is 0 Å². The molecular formula is C12H22ClNO2. The highest BCUT2D eigenvalue weighted by Gasteiger charge is 2.34. The van der Waals surface area contributed by atoms with Gasteiger partial charge in [0.15, 0.2) is 0 Å². The summed E-state index contributed by atoms with van der Waals surface area (Å²) in [5, 5.41) is 0. The molecule has 94 valence electrons. The Hall–Kier alpha value is -0.280. The van der Waals surface area contributed by atoms with Gasteiger partial charge in [-0.1, -0.05) is 0 Å². The van der Waals surface area contributed by atoms with E-state index in [0.29, 0.717) is 12.5 Å². The molecule has 0 aromatic rings. The Labute approximate surface area is 103 Å². The predicted octanol–water partition coefficient (Wildman–Crippen LogP) is 2.28. The van der Waals surface area contributed by atoms with Crippen LogP contribution in [0.15, 0.2) is 0 Å². The molecule has 0 bridgehead atoms. The molecule has 0 N–H and O–H groups in total. The molecule has 0 radical (unpaired) electrons. The Kier molecular flexibility index (Phi) is 5.56. The van der Waals surface area contributed by atoms with Crippen LogP contribution in [-0.4, -0.2) is 42.0 Å². The molecule has 0 aromatic heterocycles. The first-order valence-corrected chi connectivity index (χ1v) is 6.59. The average molecular weight is 248 g/mol. The number of rotatable bonds is 5. The summed E-state index contributed by atoms with van der Waals surface area (Å²) in [6.07, 6.45) is 1.77. The van der Waals surface area contributed by atoms with Gasteiger partial charge in [0, 0.05) is 25.1 Å². The normalized spacial score (nSPS) is 25.1. The predicted molar refractivity (Wildman–Crippen MR) is 65.7 cm³/mol. The molecular weight excluding hydrogens is 226 g/mol. The number of halogens is 1. The Bertz CT molecular complexity index is 233. The average Bonchev–Trinajstić information content (AvgIpc) is 2.64. The second kappa shape index (κ2) is 6.45. The van der Waals surface area contributed by atoms with Crippen molar-refractivity contribution in [1.82, 2.24) is 4.90 Å². The molecule has 2 unspecified atom stereocenters. The van der Waals surface area contributed by atoms with Crippen molar-refractivity contribution in [2.24, 2.45) is 5.92 Å². The third kappa shape index (κ3) is 3.36. The van der Waals surface area contributed by atoms with E-state index >= 15 is 0 Å². The SMILES string of the molecule is CC1OCCC1C(=O)N(CCCCl)C(C)C. The lowest BCUT2D eigenvalue weighted by Crippen LogP contribution is -2.43. The molecule has 0 saturated carbocycles. The maximum absolute atomic E-state index is 12.3. The third-order valence-electron chi connectivity index (χ3n) is 3.13. The molecule has 1 aliphatic heterocycles. The van der Waals surface area contributed by atoms with Crippen molar-refractivity contribution < 1.29 is 9.53 Å². The van der Waals surface area contributed by atoms with Gasteiger partial charge < -0.3 is 9.64 Å². The van der Waals surface area contributed by atoms with Crippen molar-refractivity contribution in [2.45, 2.75) is 45.8 Å². The van der Waals surface area contributed by atoms with Crippen LogP contribution in [0, 0.1) is 5.92 Å². The first kappa shape index (κ1) is 13.8. The highest BCUT2D eigenvalue weighted by Crippen LogP contribution is 2.23. The quantitative estimate of drug-likeness (QED) is 0.698. The van der Waals surface area contributed by atoms with Crippen LogP contribution in [0.4, 0.5) is 0 Å². The molecule has 1 amide bonds. The largest absolute Gasteiger partial charge is 0.378 e. The number of carbonyl (C=O) groups excluding carboxylic acids is 1. The van der Waals surface area contributed by atoms with E-state index in [1.807, 2.05) is 25.7 Å². The summed E-state index contributed by atoms with van der Waals surface area (Å²) >= 11 is 5.68. The van der Waals surface area contributed by atoms with Crippen LogP contribution in [-0.2, 0) is 9.53 Å². The molecule has 3 nitrogen and oxygen atoms in total. The standard InChI is InChI=1S/C12H22ClNO2/c1-9(2)14(7-4-6-13)12(15)11-5-8-16-10(11)3/h9-11H,4-8H2,1-3H3. The second-order valence-electron chi connectivity index (χ2n) is 4.64. The number of carbonyl (C=O) groups is 1. The number of ether oxygens (including phenoxy) is 1. The Balaban J connectivity index is 2.59. The van der Waals surface area contributed by atoms with Crippen LogP contribution < -0.4 is 0 Å². The van der Waals surface area contributed by atoms with Gasteiger partial charge in [0.2, 0.25) is 5.91 Å². The zero-order valence-corrected chi connectivity index (χ0v) is 11.2. The summed E-state index contributed by atoms with van der Waals surface area (Å²) in [7, 11) is 0. The fraction of sp³-hybridized carbons (Fsp3) is 0.917. The zero-order valence-electron chi connectivity index (χ0n) is 10.4. The molecule has 1 aliphatic rings. The van der Waals surface area contributed by atoms with Crippen LogP contribution in [0.25, 0.3) is 0 Å². The van der Waals surface area contributed by atoms with Crippen molar-refractivity contribution in [2.75, 3.05) is 19.0 Å². The third-order valence-corrected chi connectivity index (χ3v) is 3.40. The van der Waals surface area contributed by atoms with Crippen LogP contribution >= 0.6 is 11.6 Å². The van der Waals surface area contributed by atoms with Gasteiger partial charge in [-0.2, -0.15) is 0 Å².